The summed E-state index contributed by atoms with van der Waals surface area (Å²) in [5, 5.41) is 7.05. The maximum Gasteiger partial charge on any atom is 0.220 e. The van der Waals surface area contributed by atoms with Gasteiger partial charge in [-0.05, 0) is 45.3 Å². The zero-order valence-electron chi connectivity index (χ0n) is 11.7. The molecule has 19 heavy (non-hydrogen) atoms. The first-order chi connectivity index (χ1) is 9.25. The van der Waals surface area contributed by atoms with Crippen molar-refractivity contribution in [1.29, 1.82) is 0 Å². The molecule has 0 aromatic carbocycles. The number of likely N-dealkylation sites (tertiary alicyclic amines) is 1. The van der Waals surface area contributed by atoms with E-state index in [0.717, 1.165) is 13.0 Å². The van der Waals surface area contributed by atoms with Gasteiger partial charge in [-0.3, -0.25) is 9.48 Å². The van der Waals surface area contributed by atoms with E-state index in [1.165, 1.54) is 25.9 Å². The van der Waals surface area contributed by atoms with Crippen molar-refractivity contribution in [1.82, 2.24) is 20.0 Å². The Balaban J connectivity index is 1.56. The van der Waals surface area contributed by atoms with Crippen molar-refractivity contribution < 1.29 is 4.79 Å². The Kier molecular flexibility index (Phi) is 5.39. The smallest absolute Gasteiger partial charge is 0.220 e. The van der Waals surface area contributed by atoms with Gasteiger partial charge in [-0.15, -0.1) is 0 Å². The van der Waals surface area contributed by atoms with Crippen LogP contribution < -0.4 is 5.32 Å². The second-order valence-electron chi connectivity index (χ2n) is 5.25. The Labute approximate surface area is 115 Å². The SMILES string of the molecule is CC(CCC(=O)NCCn1cccn1)N1CCCC1. The molecule has 2 rings (SSSR count). The minimum atomic E-state index is 0.151. The first-order valence-corrected chi connectivity index (χ1v) is 7.24. The predicted octanol–water partition coefficient (Wildman–Crippen LogP) is 1.26. The summed E-state index contributed by atoms with van der Waals surface area (Å²) in [6, 6.07) is 2.42. The van der Waals surface area contributed by atoms with Gasteiger partial charge in [0.15, 0.2) is 0 Å². The standard InChI is InChI=1S/C14H24N4O/c1-13(17-9-2-3-10-17)5-6-14(19)15-8-12-18-11-4-7-16-18/h4,7,11,13H,2-3,5-6,8-10,12H2,1H3,(H,15,19). The Morgan fingerprint density at radius 2 is 2.21 bits per heavy atom. The third-order valence-corrected chi connectivity index (χ3v) is 3.78. The summed E-state index contributed by atoms with van der Waals surface area (Å²) in [6.45, 7) is 6.01. The number of hydrogen-bond acceptors (Lipinski definition) is 3. The highest BCUT2D eigenvalue weighted by Crippen LogP contribution is 2.14. The maximum atomic E-state index is 11.7. The fraction of sp³-hybridized carbons (Fsp3) is 0.714. The van der Waals surface area contributed by atoms with Gasteiger partial charge in [0.05, 0.1) is 6.54 Å². The van der Waals surface area contributed by atoms with Gasteiger partial charge in [0.2, 0.25) is 5.91 Å². The van der Waals surface area contributed by atoms with E-state index in [2.05, 4.69) is 22.2 Å². The molecule has 0 spiro atoms. The third kappa shape index (κ3) is 4.67. The Morgan fingerprint density at radius 3 is 2.89 bits per heavy atom. The van der Waals surface area contributed by atoms with Gasteiger partial charge < -0.3 is 10.2 Å². The molecule has 1 aromatic rings. The summed E-state index contributed by atoms with van der Waals surface area (Å²) in [6.07, 6.45) is 7.84. The van der Waals surface area contributed by atoms with E-state index in [1.54, 1.807) is 6.20 Å². The van der Waals surface area contributed by atoms with E-state index in [1.807, 2.05) is 16.9 Å². The molecule has 1 N–H and O–H groups in total. The van der Waals surface area contributed by atoms with Crippen molar-refractivity contribution in [2.24, 2.45) is 0 Å². The fourth-order valence-electron chi connectivity index (χ4n) is 2.54. The molecular formula is C14H24N4O. The zero-order chi connectivity index (χ0) is 13.5. The van der Waals surface area contributed by atoms with Gasteiger partial charge in [-0.25, -0.2) is 0 Å². The van der Waals surface area contributed by atoms with Crippen LogP contribution in [-0.2, 0) is 11.3 Å². The number of carbonyl (C=O) groups excluding carboxylic acids is 1. The van der Waals surface area contributed by atoms with Crippen LogP contribution >= 0.6 is 0 Å². The quantitative estimate of drug-likeness (QED) is 0.806. The van der Waals surface area contributed by atoms with Crippen LogP contribution in [0.25, 0.3) is 0 Å². The van der Waals surface area contributed by atoms with Crippen LogP contribution in [0, 0.1) is 0 Å². The fourth-order valence-corrected chi connectivity index (χ4v) is 2.54. The molecule has 1 aliphatic heterocycles. The van der Waals surface area contributed by atoms with Crippen molar-refractivity contribution in [3.8, 4) is 0 Å². The van der Waals surface area contributed by atoms with E-state index < -0.39 is 0 Å². The minimum absolute atomic E-state index is 0.151. The van der Waals surface area contributed by atoms with E-state index in [4.69, 9.17) is 0 Å². The van der Waals surface area contributed by atoms with Crippen molar-refractivity contribution in [3.63, 3.8) is 0 Å². The van der Waals surface area contributed by atoms with Crippen LogP contribution in [0.2, 0.25) is 0 Å². The number of nitrogens with zero attached hydrogens (tertiary/aromatic N) is 3. The lowest BCUT2D eigenvalue weighted by Gasteiger charge is -2.23. The Bertz CT molecular complexity index is 371. The van der Waals surface area contributed by atoms with Crippen LogP contribution in [0.15, 0.2) is 18.5 Å². The van der Waals surface area contributed by atoms with Crippen molar-refractivity contribution in [2.75, 3.05) is 19.6 Å². The predicted molar refractivity (Wildman–Crippen MR) is 74.7 cm³/mol. The average molecular weight is 264 g/mol. The molecule has 0 aliphatic carbocycles. The van der Waals surface area contributed by atoms with Gasteiger partial charge in [0.25, 0.3) is 0 Å². The molecule has 5 heteroatoms. The second kappa shape index (κ2) is 7.28. The van der Waals surface area contributed by atoms with Gasteiger partial charge in [-0.2, -0.15) is 5.10 Å². The van der Waals surface area contributed by atoms with Gasteiger partial charge >= 0.3 is 0 Å². The van der Waals surface area contributed by atoms with Crippen LogP contribution in [0.3, 0.4) is 0 Å². The van der Waals surface area contributed by atoms with E-state index in [0.29, 0.717) is 19.0 Å². The van der Waals surface area contributed by atoms with Gasteiger partial charge in [-0.1, -0.05) is 0 Å². The van der Waals surface area contributed by atoms with E-state index in [9.17, 15) is 4.79 Å². The molecule has 1 saturated heterocycles. The summed E-state index contributed by atoms with van der Waals surface area (Å²) in [5.41, 5.74) is 0. The Hall–Kier alpha value is -1.36. The molecule has 106 valence electrons. The molecule has 1 fully saturated rings. The molecule has 1 amide bonds. The number of amides is 1. The lowest BCUT2D eigenvalue weighted by atomic mass is 10.1. The molecule has 1 unspecified atom stereocenters. The van der Waals surface area contributed by atoms with Crippen LogP contribution in [0.4, 0.5) is 0 Å². The summed E-state index contributed by atoms with van der Waals surface area (Å²) >= 11 is 0. The monoisotopic (exact) mass is 264 g/mol. The largest absolute Gasteiger partial charge is 0.354 e. The number of carbonyl (C=O) groups is 1. The second-order valence-corrected chi connectivity index (χ2v) is 5.25. The highest BCUT2D eigenvalue weighted by molar-refractivity contribution is 5.75. The summed E-state index contributed by atoms with van der Waals surface area (Å²) in [7, 11) is 0. The summed E-state index contributed by atoms with van der Waals surface area (Å²) in [4.78, 5) is 14.2. The van der Waals surface area contributed by atoms with E-state index >= 15 is 0 Å². The highest BCUT2D eigenvalue weighted by atomic mass is 16.1. The third-order valence-electron chi connectivity index (χ3n) is 3.78. The van der Waals surface area contributed by atoms with Crippen LogP contribution in [-0.4, -0.2) is 46.3 Å². The molecule has 1 aromatic heterocycles. The molecule has 0 bridgehead atoms. The first kappa shape index (κ1) is 14.1. The lowest BCUT2D eigenvalue weighted by Crippen LogP contribution is -2.33. The van der Waals surface area contributed by atoms with Crippen molar-refractivity contribution >= 4 is 5.91 Å². The average Bonchev–Trinajstić information content (AvgIpc) is 3.08. The number of nitrogens with one attached hydrogen (secondary N) is 1. The highest BCUT2D eigenvalue weighted by Gasteiger charge is 2.18. The first-order valence-electron chi connectivity index (χ1n) is 7.24. The van der Waals surface area contributed by atoms with Gasteiger partial charge in [0.1, 0.15) is 0 Å². The number of rotatable bonds is 7. The summed E-state index contributed by atoms with van der Waals surface area (Å²) < 4.78 is 1.83. The molecule has 0 radical (unpaired) electrons. The lowest BCUT2D eigenvalue weighted by molar-refractivity contribution is -0.121. The minimum Gasteiger partial charge on any atom is -0.354 e. The van der Waals surface area contributed by atoms with E-state index in [-0.39, 0.29) is 5.91 Å². The normalized spacial score (nSPS) is 17.5. The van der Waals surface area contributed by atoms with Crippen molar-refractivity contribution in [2.45, 2.75) is 45.2 Å². The molecule has 0 saturated carbocycles. The Morgan fingerprint density at radius 1 is 1.42 bits per heavy atom. The molecule has 5 nitrogen and oxygen atoms in total. The maximum absolute atomic E-state index is 11.7. The number of hydrogen-bond donors (Lipinski definition) is 1. The number of aromatic nitrogens is 2. The molecule has 2 heterocycles. The molecule has 1 atom stereocenters. The zero-order valence-corrected chi connectivity index (χ0v) is 11.7. The van der Waals surface area contributed by atoms with Gasteiger partial charge in [0, 0.05) is 31.4 Å². The van der Waals surface area contributed by atoms with Crippen LogP contribution in [0.1, 0.15) is 32.6 Å². The topological polar surface area (TPSA) is 50.2 Å². The molecule has 1 aliphatic rings. The summed E-state index contributed by atoms with van der Waals surface area (Å²) in [5.74, 6) is 0.151. The van der Waals surface area contributed by atoms with Crippen LogP contribution in [0.5, 0.6) is 0 Å². The molecular weight excluding hydrogens is 240 g/mol. The van der Waals surface area contributed by atoms with Crippen molar-refractivity contribution in [3.05, 3.63) is 18.5 Å².